The first-order valence-electron chi connectivity index (χ1n) is 10.4. The van der Waals surface area contributed by atoms with E-state index in [1.54, 1.807) is 4.90 Å². The van der Waals surface area contributed by atoms with Gasteiger partial charge in [-0.15, -0.1) is 0 Å². The first kappa shape index (κ1) is 22.8. The Kier molecular flexibility index (Phi) is 7.18. The number of carbonyl (C=O) groups excluding carboxylic acids is 1. The number of halogens is 1. The van der Waals surface area contributed by atoms with Crippen LogP contribution in [0.1, 0.15) is 25.8 Å². The zero-order valence-corrected chi connectivity index (χ0v) is 21.0. The number of thioether (sulfide) groups is 1. The highest BCUT2D eigenvalue weighted by Crippen LogP contribution is 2.41. The normalized spacial score (nSPS) is 15.1. The average Bonchev–Trinajstić information content (AvgIpc) is 3.05. The molecule has 1 heterocycles. The van der Waals surface area contributed by atoms with Crippen molar-refractivity contribution in [2.24, 2.45) is 0 Å². The lowest BCUT2D eigenvalue weighted by Gasteiger charge is -2.17. The fourth-order valence-corrected chi connectivity index (χ4v) is 5.37. The molecule has 0 atom stereocenters. The van der Waals surface area contributed by atoms with Gasteiger partial charge in [0.2, 0.25) is 0 Å². The van der Waals surface area contributed by atoms with Crippen molar-refractivity contribution in [3.63, 3.8) is 0 Å². The lowest BCUT2D eigenvalue weighted by molar-refractivity contribution is -0.113. The van der Waals surface area contributed by atoms with Gasteiger partial charge in [0.25, 0.3) is 5.91 Å². The second-order valence-electron chi connectivity index (χ2n) is 7.13. The van der Waals surface area contributed by atoms with Gasteiger partial charge in [0.1, 0.15) is 0 Å². The topological polar surface area (TPSA) is 38.8 Å². The monoisotopic (exact) mass is 527 g/mol. The van der Waals surface area contributed by atoms with E-state index in [0.717, 1.165) is 32.9 Å². The van der Waals surface area contributed by atoms with Crippen molar-refractivity contribution in [3.8, 4) is 11.5 Å². The van der Waals surface area contributed by atoms with E-state index >= 15 is 0 Å². The van der Waals surface area contributed by atoms with E-state index < -0.39 is 0 Å². The third-order valence-electron chi connectivity index (χ3n) is 4.88. The van der Waals surface area contributed by atoms with Crippen LogP contribution in [0.2, 0.25) is 0 Å². The van der Waals surface area contributed by atoms with Crippen molar-refractivity contribution in [1.82, 2.24) is 0 Å². The van der Waals surface area contributed by atoms with Crippen molar-refractivity contribution in [2.45, 2.75) is 20.3 Å². The van der Waals surface area contributed by atoms with Crippen LogP contribution in [-0.2, 0) is 4.79 Å². The van der Waals surface area contributed by atoms with Crippen LogP contribution in [-0.4, -0.2) is 23.4 Å². The minimum atomic E-state index is -0.128. The highest BCUT2D eigenvalue weighted by Gasteiger charge is 2.34. The number of hydrogen-bond acceptors (Lipinski definition) is 5. The van der Waals surface area contributed by atoms with Crippen LogP contribution in [0.3, 0.4) is 0 Å². The predicted octanol–water partition coefficient (Wildman–Crippen LogP) is 7.20. The zero-order valence-electron chi connectivity index (χ0n) is 17.8. The molecule has 1 saturated heterocycles. The van der Waals surface area contributed by atoms with Gasteiger partial charge in [-0.1, -0.05) is 67.3 Å². The van der Waals surface area contributed by atoms with E-state index in [1.165, 1.54) is 11.8 Å². The summed E-state index contributed by atoms with van der Waals surface area (Å²) < 4.78 is 13.0. The first-order valence-corrected chi connectivity index (χ1v) is 12.4. The van der Waals surface area contributed by atoms with Crippen LogP contribution in [0.5, 0.6) is 11.5 Å². The lowest BCUT2D eigenvalue weighted by Crippen LogP contribution is -2.27. The van der Waals surface area contributed by atoms with Gasteiger partial charge in [0, 0.05) is 5.39 Å². The standard InChI is InChI=1S/C25H22BrNO3S2/c1-3-12-30-23-19(26)13-16(14-21(23)29-4-2)15-22-24(28)27(25(31)32-22)20-11-7-9-17-8-5-6-10-18(17)20/h5-11,13-15H,3-4,12H2,1-2H3/b22-15+. The Morgan fingerprint density at radius 1 is 1.09 bits per heavy atom. The zero-order chi connectivity index (χ0) is 22.7. The molecular weight excluding hydrogens is 506 g/mol. The van der Waals surface area contributed by atoms with Gasteiger partial charge >= 0.3 is 0 Å². The number of carbonyl (C=O) groups is 1. The number of ether oxygens (including phenoxy) is 2. The van der Waals surface area contributed by atoms with E-state index in [1.807, 2.05) is 67.6 Å². The Hall–Kier alpha value is -2.35. The van der Waals surface area contributed by atoms with Crippen LogP contribution in [0, 0.1) is 0 Å². The average molecular weight is 528 g/mol. The van der Waals surface area contributed by atoms with Crippen LogP contribution < -0.4 is 14.4 Å². The molecule has 7 heteroatoms. The number of amides is 1. The number of rotatable bonds is 7. The van der Waals surface area contributed by atoms with Crippen molar-refractivity contribution in [3.05, 3.63) is 69.5 Å². The second-order valence-corrected chi connectivity index (χ2v) is 9.66. The van der Waals surface area contributed by atoms with Crippen LogP contribution in [0.25, 0.3) is 16.8 Å². The minimum Gasteiger partial charge on any atom is -0.490 e. The Morgan fingerprint density at radius 3 is 2.66 bits per heavy atom. The lowest BCUT2D eigenvalue weighted by atomic mass is 10.1. The molecule has 3 aromatic carbocycles. The van der Waals surface area contributed by atoms with Gasteiger partial charge in [-0.2, -0.15) is 0 Å². The summed E-state index contributed by atoms with van der Waals surface area (Å²) in [6.45, 7) is 5.10. The number of nitrogens with zero attached hydrogens (tertiary/aromatic N) is 1. The summed E-state index contributed by atoms with van der Waals surface area (Å²) in [6, 6.07) is 17.7. The maximum absolute atomic E-state index is 13.3. The molecule has 0 aromatic heterocycles. The summed E-state index contributed by atoms with van der Waals surface area (Å²) in [4.78, 5) is 15.5. The van der Waals surface area contributed by atoms with Crippen molar-refractivity contribution >= 4 is 72.7 Å². The SMILES string of the molecule is CCCOc1c(Br)cc(/C=C2/SC(=S)N(c3cccc4ccccc34)C2=O)cc1OCC. The Morgan fingerprint density at radius 2 is 1.88 bits per heavy atom. The van der Waals surface area contributed by atoms with Gasteiger partial charge in [-0.05, 0) is 64.5 Å². The molecule has 0 unspecified atom stereocenters. The summed E-state index contributed by atoms with van der Waals surface area (Å²) in [5.41, 5.74) is 1.64. The Bertz CT molecular complexity index is 1220. The molecule has 0 aliphatic carbocycles. The summed E-state index contributed by atoms with van der Waals surface area (Å²) in [7, 11) is 0. The highest BCUT2D eigenvalue weighted by molar-refractivity contribution is 9.10. The third-order valence-corrected chi connectivity index (χ3v) is 6.77. The summed E-state index contributed by atoms with van der Waals surface area (Å²) in [6.07, 6.45) is 2.75. The highest BCUT2D eigenvalue weighted by atomic mass is 79.9. The minimum absolute atomic E-state index is 0.128. The third kappa shape index (κ3) is 4.56. The molecule has 0 bridgehead atoms. The van der Waals surface area contributed by atoms with Gasteiger partial charge in [-0.3, -0.25) is 9.69 Å². The van der Waals surface area contributed by atoms with Crippen LogP contribution >= 0.6 is 39.9 Å². The summed E-state index contributed by atoms with van der Waals surface area (Å²) >= 11 is 10.5. The number of thiocarbonyl (C=S) groups is 1. The van der Waals surface area contributed by atoms with Gasteiger partial charge in [0.15, 0.2) is 15.8 Å². The fourth-order valence-electron chi connectivity index (χ4n) is 3.51. The molecule has 1 fully saturated rings. The number of hydrogen-bond donors (Lipinski definition) is 0. The smallest absolute Gasteiger partial charge is 0.270 e. The summed E-state index contributed by atoms with van der Waals surface area (Å²) in [5, 5.41) is 2.06. The van der Waals surface area contributed by atoms with Crippen molar-refractivity contribution in [1.29, 1.82) is 0 Å². The van der Waals surface area contributed by atoms with E-state index in [9.17, 15) is 4.79 Å². The maximum atomic E-state index is 13.3. The molecule has 1 aliphatic heterocycles. The van der Waals surface area contributed by atoms with E-state index in [-0.39, 0.29) is 5.91 Å². The fraction of sp³-hybridized carbons (Fsp3) is 0.200. The molecule has 0 radical (unpaired) electrons. The summed E-state index contributed by atoms with van der Waals surface area (Å²) in [5.74, 6) is 1.19. The molecular formula is C25H22BrNO3S2. The second kappa shape index (κ2) is 10.1. The number of benzene rings is 3. The largest absolute Gasteiger partial charge is 0.490 e. The predicted molar refractivity (Wildman–Crippen MR) is 141 cm³/mol. The van der Waals surface area contributed by atoms with E-state index in [4.69, 9.17) is 21.7 Å². The van der Waals surface area contributed by atoms with E-state index in [0.29, 0.717) is 33.9 Å². The Labute approximate surface area is 205 Å². The number of fused-ring (bicyclic) bond motifs is 1. The van der Waals surface area contributed by atoms with Crippen molar-refractivity contribution in [2.75, 3.05) is 18.1 Å². The first-order chi connectivity index (χ1) is 15.5. The molecule has 1 amide bonds. The quantitative estimate of drug-likeness (QED) is 0.240. The molecule has 164 valence electrons. The van der Waals surface area contributed by atoms with Crippen LogP contribution in [0.4, 0.5) is 5.69 Å². The number of anilines is 1. The molecule has 0 N–H and O–H groups in total. The molecule has 1 aliphatic rings. The molecule has 0 spiro atoms. The molecule has 4 rings (SSSR count). The van der Waals surface area contributed by atoms with Gasteiger partial charge < -0.3 is 9.47 Å². The van der Waals surface area contributed by atoms with Crippen molar-refractivity contribution < 1.29 is 14.3 Å². The van der Waals surface area contributed by atoms with E-state index in [2.05, 4.69) is 22.9 Å². The van der Waals surface area contributed by atoms with Crippen LogP contribution in [0.15, 0.2) is 64.0 Å². The molecule has 0 saturated carbocycles. The van der Waals surface area contributed by atoms with Gasteiger partial charge in [0.05, 0.1) is 28.3 Å². The molecule has 4 nitrogen and oxygen atoms in total. The molecule has 3 aromatic rings. The Balaban J connectivity index is 1.70. The van der Waals surface area contributed by atoms with Gasteiger partial charge in [-0.25, -0.2) is 0 Å². The maximum Gasteiger partial charge on any atom is 0.270 e. The molecule has 32 heavy (non-hydrogen) atoms.